The van der Waals surface area contributed by atoms with Crippen LogP contribution in [0.4, 0.5) is 0 Å². The molecule has 0 saturated heterocycles. The number of nitrogens with zero attached hydrogens (tertiary/aromatic N) is 5. The SMILES string of the molecule is CC1(C)c2cc(-c3nc(-c4ccccc4)nc(-c4ccccc4-c4ccccc4)n3)ccc2-c2ccc(-n3c4ccccc4c4cccnc43)cc21. The van der Waals surface area contributed by atoms with Crippen molar-refractivity contribution in [2.45, 2.75) is 19.3 Å². The molecule has 5 nitrogen and oxygen atoms in total. The van der Waals surface area contributed by atoms with Crippen LogP contribution in [0.3, 0.4) is 0 Å². The first-order valence-electron chi connectivity index (χ1n) is 17.7. The number of benzene rings is 6. The number of pyridine rings is 1. The molecule has 3 heterocycles. The molecule has 0 unspecified atom stereocenters. The molecule has 0 amide bonds. The summed E-state index contributed by atoms with van der Waals surface area (Å²) in [5, 5.41) is 2.36. The van der Waals surface area contributed by atoms with E-state index in [9.17, 15) is 0 Å². The molecule has 9 aromatic rings. The van der Waals surface area contributed by atoms with Crippen LogP contribution in [0.5, 0.6) is 0 Å². The third kappa shape index (κ3) is 4.70. The molecule has 1 aliphatic rings. The molecular weight excluding hydrogens is 635 g/mol. The van der Waals surface area contributed by atoms with Gasteiger partial charge in [0.25, 0.3) is 0 Å². The van der Waals surface area contributed by atoms with E-state index in [4.69, 9.17) is 19.9 Å². The average Bonchev–Trinajstić information content (AvgIpc) is 3.66. The van der Waals surface area contributed by atoms with Crippen molar-refractivity contribution in [3.05, 3.63) is 175 Å². The molecule has 10 rings (SSSR count). The van der Waals surface area contributed by atoms with E-state index < -0.39 is 0 Å². The molecule has 0 fully saturated rings. The molecule has 0 atom stereocenters. The maximum atomic E-state index is 5.18. The number of hydrogen-bond acceptors (Lipinski definition) is 4. The van der Waals surface area contributed by atoms with E-state index in [0.29, 0.717) is 17.5 Å². The van der Waals surface area contributed by atoms with Crippen molar-refractivity contribution in [1.29, 1.82) is 0 Å². The van der Waals surface area contributed by atoms with E-state index in [-0.39, 0.29) is 5.41 Å². The summed E-state index contributed by atoms with van der Waals surface area (Å²) in [5.74, 6) is 1.95. The molecule has 6 aromatic carbocycles. The van der Waals surface area contributed by atoms with Crippen molar-refractivity contribution in [3.63, 3.8) is 0 Å². The first-order valence-corrected chi connectivity index (χ1v) is 17.7. The van der Waals surface area contributed by atoms with E-state index in [1.54, 1.807) is 0 Å². The lowest BCUT2D eigenvalue weighted by Gasteiger charge is -2.23. The molecule has 0 spiro atoms. The van der Waals surface area contributed by atoms with Crippen LogP contribution >= 0.6 is 0 Å². The second-order valence-electron chi connectivity index (χ2n) is 13.9. The molecule has 0 N–H and O–H groups in total. The van der Waals surface area contributed by atoms with Gasteiger partial charge in [-0.05, 0) is 69.8 Å². The highest BCUT2D eigenvalue weighted by Gasteiger charge is 2.36. The summed E-state index contributed by atoms with van der Waals surface area (Å²) >= 11 is 0. The van der Waals surface area contributed by atoms with Gasteiger partial charge >= 0.3 is 0 Å². The summed E-state index contributed by atoms with van der Waals surface area (Å²) in [6, 6.07) is 55.2. The Balaban J connectivity index is 1.11. The Morgan fingerprint density at radius 3 is 1.83 bits per heavy atom. The van der Waals surface area contributed by atoms with Crippen molar-refractivity contribution in [3.8, 4) is 62.1 Å². The van der Waals surface area contributed by atoms with Gasteiger partial charge in [-0.3, -0.25) is 4.57 Å². The van der Waals surface area contributed by atoms with E-state index >= 15 is 0 Å². The minimum Gasteiger partial charge on any atom is -0.294 e. The van der Waals surface area contributed by atoms with Gasteiger partial charge in [-0.2, -0.15) is 0 Å². The zero-order chi connectivity index (χ0) is 34.8. The van der Waals surface area contributed by atoms with Gasteiger partial charge in [-0.25, -0.2) is 19.9 Å². The van der Waals surface area contributed by atoms with Gasteiger partial charge in [-0.1, -0.05) is 135 Å². The van der Waals surface area contributed by atoms with Gasteiger partial charge in [0.2, 0.25) is 0 Å². The molecule has 0 saturated carbocycles. The Kier molecular flexibility index (Phi) is 6.77. The summed E-state index contributed by atoms with van der Waals surface area (Å²) in [6.45, 7) is 4.64. The van der Waals surface area contributed by atoms with Crippen LogP contribution < -0.4 is 0 Å². The lowest BCUT2D eigenvalue weighted by Crippen LogP contribution is -2.15. The Morgan fingerprint density at radius 2 is 1.04 bits per heavy atom. The summed E-state index contributed by atoms with van der Waals surface area (Å²) in [4.78, 5) is 20.2. The van der Waals surface area contributed by atoms with Gasteiger partial charge in [0.05, 0.1) is 5.52 Å². The van der Waals surface area contributed by atoms with Crippen LogP contribution in [0, 0.1) is 0 Å². The monoisotopic (exact) mass is 667 g/mol. The predicted octanol–water partition coefficient (Wildman–Crippen LogP) is 11.3. The predicted molar refractivity (Wildman–Crippen MR) is 211 cm³/mol. The van der Waals surface area contributed by atoms with Crippen molar-refractivity contribution in [1.82, 2.24) is 24.5 Å². The highest BCUT2D eigenvalue weighted by molar-refractivity contribution is 6.07. The fourth-order valence-corrected chi connectivity index (χ4v) is 7.95. The second kappa shape index (κ2) is 11.7. The van der Waals surface area contributed by atoms with E-state index in [2.05, 4.69) is 140 Å². The largest absolute Gasteiger partial charge is 0.294 e. The van der Waals surface area contributed by atoms with Crippen LogP contribution in [0.1, 0.15) is 25.0 Å². The summed E-state index contributed by atoms with van der Waals surface area (Å²) in [6.07, 6.45) is 1.88. The highest BCUT2D eigenvalue weighted by atomic mass is 15.0. The molecule has 3 aromatic heterocycles. The third-order valence-corrected chi connectivity index (χ3v) is 10.5. The standard InChI is InChI=1S/C47H33N5/c1-47(2)40-28-32(23-25-35(40)36-26-24-33(29-41(36)47)52-42-22-12-11-19-37(42)39-21-13-27-48-46(39)52)44-49-43(31-16-7-4-8-17-31)50-45(51-44)38-20-10-9-18-34(38)30-14-5-3-6-15-30/h3-29H,1-2H3. The number of hydrogen-bond donors (Lipinski definition) is 0. The maximum Gasteiger partial charge on any atom is 0.164 e. The minimum absolute atomic E-state index is 0.263. The molecule has 0 aliphatic heterocycles. The molecule has 1 aliphatic carbocycles. The van der Waals surface area contributed by atoms with E-state index in [0.717, 1.165) is 50.1 Å². The quantitative estimate of drug-likeness (QED) is 0.183. The van der Waals surface area contributed by atoms with Crippen molar-refractivity contribution >= 4 is 21.9 Å². The van der Waals surface area contributed by atoms with E-state index in [1.165, 1.54) is 27.6 Å². The summed E-state index contributed by atoms with van der Waals surface area (Å²) in [7, 11) is 0. The smallest absolute Gasteiger partial charge is 0.164 e. The summed E-state index contributed by atoms with van der Waals surface area (Å²) < 4.78 is 2.29. The Morgan fingerprint density at radius 1 is 0.442 bits per heavy atom. The van der Waals surface area contributed by atoms with Gasteiger partial charge in [0, 0.05) is 44.8 Å². The average molecular weight is 668 g/mol. The van der Waals surface area contributed by atoms with Crippen molar-refractivity contribution in [2.24, 2.45) is 0 Å². The fourth-order valence-electron chi connectivity index (χ4n) is 7.95. The van der Waals surface area contributed by atoms with Crippen LogP contribution in [0.25, 0.3) is 84.0 Å². The van der Waals surface area contributed by atoms with Gasteiger partial charge in [0.15, 0.2) is 17.5 Å². The molecule has 246 valence electrons. The zero-order valence-electron chi connectivity index (χ0n) is 28.8. The van der Waals surface area contributed by atoms with Gasteiger partial charge in [-0.15, -0.1) is 0 Å². The normalized spacial score (nSPS) is 13.0. The van der Waals surface area contributed by atoms with Crippen LogP contribution in [-0.2, 0) is 5.41 Å². The molecule has 5 heteroatoms. The molecule has 0 bridgehead atoms. The van der Waals surface area contributed by atoms with Crippen LogP contribution in [0.15, 0.2) is 164 Å². The fraction of sp³-hybridized carbons (Fsp3) is 0.0638. The summed E-state index contributed by atoms with van der Waals surface area (Å²) in [5.41, 5.74) is 13.1. The Hall–Kier alpha value is -6.72. The number of fused-ring (bicyclic) bond motifs is 6. The zero-order valence-corrected chi connectivity index (χ0v) is 28.8. The Labute approximate surface area is 302 Å². The maximum absolute atomic E-state index is 5.18. The number of para-hydroxylation sites is 1. The van der Waals surface area contributed by atoms with Crippen LogP contribution in [0.2, 0.25) is 0 Å². The van der Waals surface area contributed by atoms with E-state index in [1.807, 2.05) is 42.6 Å². The van der Waals surface area contributed by atoms with Crippen molar-refractivity contribution < 1.29 is 0 Å². The van der Waals surface area contributed by atoms with Crippen molar-refractivity contribution in [2.75, 3.05) is 0 Å². The topological polar surface area (TPSA) is 56.5 Å². The first kappa shape index (κ1) is 30.1. The molecular formula is C47H33N5. The number of aromatic nitrogens is 5. The first-order chi connectivity index (χ1) is 25.5. The minimum atomic E-state index is -0.263. The third-order valence-electron chi connectivity index (χ3n) is 10.5. The Bertz CT molecular complexity index is 2760. The molecule has 0 radical (unpaired) electrons. The van der Waals surface area contributed by atoms with Crippen LogP contribution in [-0.4, -0.2) is 24.5 Å². The molecule has 52 heavy (non-hydrogen) atoms. The van der Waals surface area contributed by atoms with Gasteiger partial charge < -0.3 is 0 Å². The van der Waals surface area contributed by atoms with Gasteiger partial charge in [0.1, 0.15) is 5.65 Å². The second-order valence-corrected chi connectivity index (χ2v) is 13.9. The highest BCUT2D eigenvalue weighted by Crippen LogP contribution is 2.50. The lowest BCUT2D eigenvalue weighted by atomic mass is 9.82. The number of rotatable bonds is 5. The lowest BCUT2D eigenvalue weighted by molar-refractivity contribution is 0.660.